The van der Waals surface area contributed by atoms with Gasteiger partial charge in [0.1, 0.15) is 6.61 Å². The molecular weight excluding hydrogens is 238 g/mol. The zero-order valence-electron chi connectivity index (χ0n) is 10.2. The minimum atomic E-state index is 0.444. The quantitative estimate of drug-likeness (QED) is 0.755. The first-order chi connectivity index (χ1) is 8.29. The van der Waals surface area contributed by atoms with E-state index in [9.17, 15) is 0 Å². The summed E-state index contributed by atoms with van der Waals surface area (Å²) in [7, 11) is 0. The van der Waals surface area contributed by atoms with Crippen molar-refractivity contribution in [3.05, 3.63) is 17.5 Å². The number of ether oxygens (including phenoxy) is 1. The molecule has 0 N–H and O–H groups in total. The van der Waals surface area contributed by atoms with Crippen LogP contribution in [-0.4, -0.2) is 41.1 Å². The molecule has 2 rings (SSSR count). The third kappa shape index (κ3) is 3.54. The summed E-state index contributed by atoms with van der Waals surface area (Å²) in [5, 5.41) is 0. The highest BCUT2D eigenvalue weighted by Crippen LogP contribution is 2.11. The van der Waals surface area contributed by atoms with Gasteiger partial charge in [-0.15, -0.1) is 11.6 Å². The molecule has 1 aromatic rings. The van der Waals surface area contributed by atoms with Crippen LogP contribution >= 0.6 is 11.6 Å². The van der Waals surface area contributed by atoms with E-state index in [1.165, 1.54) is 25.9 Å². The van der Waals surface area contributed by atoms with Crippen LogP contribution in [0.15, 0.2) is 6.20 Å². The molecule has 0 spiro atoms. The van der Waals surface area contributed by atoms with E-state index in [1.54, 1.807) is 6.20 Å². The van der Waals surface area contributed by atoms with Crippen molar-refractivity contribution >= 4 is 11.6 Å². The Morgan fingerprint density at radius 1 is 1.41 bits per heavy atom. The van der Waals surface area contributed by atoms with E-state index in [2.05, 4.69) is 14.9 Å². The van der Waals surface area contributed by atoms with Crippen LogP contribution in [0.25, 0.3) is 0 Å². The predicted molar refractivity (Wildman–Crippen MR) is 67.5 cm³/mol. The number of nitrogens with zero attached hydrogens (tertiary/aromatic N) is 3. The Bertz CT molecular complexity index is 367. The number of aromatic nitrogens is 2. The van der Waals surface area contributed by atoms with Crippen molar-refractivity contribution in [3.8, 4) is 6.01 Å². The molecule has 1 fully saturated rings. The molecule has 0 bridgehead atoms. The monoisotopic (exact) mass is 255 g/mol. The van der Waals surface area contributed by atoms with Crippen LogP contribution in [-0.2, 0) is 5.88 Å². The second-order valence-corrected chi connectivity index (χ2v) is 4.56. The van der Waals surface area contributed by atoms with E-state index in [0.717, 1.165) is 17.8 Å². The Morgan fingerprint density at radius 3 is 2.82 bits per heavy atom. The molecule has 4 nitrogen and oxygen atoms in total. The maximum absolute atomic E-state index is 5.75. The van der Waals surface area contributed by atoms with Crippen molar-refractivity contribution in [2.75, 3.05) is 26.2 Å². The summed E-state index contributed by atoms with van der Waals surface area (Å²) in [6.45, 7) is 5.91. The summed E-state index contributed by atoms with van der Waals surface area (Å²) in [6.07, 6.45) is 4.35. The molecule has 1 aliphatic heterocycles. The first-order valence-electron chi connectivity index (χ1n) is 6.03. The predicted octanol–water partition coefficient (Wildman–Crippen LogP) is 2.00. The van der Waals surface area contributed by atoms with E-state index in [4.69, 9.17) is 16.3 Å². The van der Waals surface area contributed by atoms with Gasteiger partial charge in [0.2, 0.25) is 0 Å². The standard InChI is InChI=1S/C12H18ClN3O/c1-10-11(8-13)9-14-12(15-10)17-7-6-16-4-2-3-5-16/h9H,2-8H2,1H3. The van der Waals surface area contributed by atoms with E-state index in [1.807, 2.05) is 6.92 Å². The van der Waals surface area contributed by atoms with Crippen molar-refractivity contribution in [2.45, 2.75) is 25.6 Å². The molecular formula is C12H18ClN3O. The maximum Gasteiger partial charge on any atom is 0.316 e. The van der Waals surface area contributed by atoms with E-state index < -0.39 is 0 Å². The van der Waals surface area contributed by atoms with Gasteiger partial charge >= 0.3 is 6.01 Å². The van der Waals surface area contributed by atoms with Crippen molar-refractivity contribution in [2.24, 2.45) is 0 Å². The Labute approximate surface area is 107 Å². The molecule has 0 aromatic carbocycles. The van der Waals surface area contributed by atoms with Crippen LogP contribution in [0, 0.1) is 6.92 Å². The summed E-state index contributed by atoms with van der Waals surface area (Å²) >= 11 is 5.75. The van der Waals surface area contributed by atoms with Crippen LogP contribution in [0.3, 0.4) is 0 Å². The average Bonchev–Trinajstić information content (AvgIpc) is 2.82. The normalized spacial score (nSPS) is 16.4. The fourth-order valence-electron chi connectivity index (χ4n) is 1.94. The van der Waals surface area contributed by atoms with Crippen molar-refractivity contribution in [3.63, 3.8) is 0 Å². The summed E-state index contributed by atoms with van der Waals surface area (Å²) in [5.41, 5.74) is 1.85. The smallest absolute Gasteiger partial charge is 0.316 e. The molecule has 0 saturated carbocycles. The van der Waals surface area contributed by atoms with Gasteiger partial charge in [-0.05, 0) is 32.9 Å². The van der Waals surface area contributed by atoms with Crippen LogP contribution in [0.1, 0.15) is 24.1 Å². The number of hydrogen-bond acceptors (Lipinski definition) is 4. The molecule has 0 amide bonds. The topological polar surface area (TPSA) is 38.2 Å². The average molecular weight is 256 g/mol. The van der Waals surface area contributed by atoms with Crippen molar-refractivity contribution in [1.82, 2.24) is 14.9 Å². The van der Waals surface area contributed by atoms with Crippen LogP contribution < -0.4 is 4.74 Å². The third-order valence-electron chi connectivity index (χ3n) is 3.04. The lowest BCUT2D eigenvalue weighted by atomic mass is 10.3. The number of aryl methyl sites for hydroxylation is 1. The minimum Gasteiger partial charge on any atom is -0.462 e. The van der Waals surface area contributed by atoms with E-state index in [-0.39, 0.29) is 0 Å². The van der Waals surface area contributed by atoms with Gasteiger partial charge in [-0.25, -0.2) is 9.97 Å². The molecule has 1 aliphatic rings. The number of alkyl halides is 1. The SMILES string of the molecule is Cc1nc(OCCN2CCCC2)ncc1CCl. The Hall–Kier alpha value is -0.870. The molecule has 0 aliphatic carbocycles. The highest BCUT2D eigenvalue weighted by molar-refractivity contribution is 6.17. The molecule has 0 atom stereocenters. The molecule has 5 heteroatoms. The van der Waals surface area contributed by atoms with Gasteiger partial charge in [-0.3, -0.25) is 4.90 Å². The molecule has 0 radical (unpaired) electrons. The number of rotatable bonds is 5. The fraction of sp³-hybridized carbons (Fsp3) is 0.667. The van der Waals surface area contributed by atoms with Gasteiger partial charge in [0, 0.05) is 24.0 Å². The van der Waals surface area contributed by atoms with E-state index >= 15 is 0 Å². The second-order valence-electron chi connectivity index (χ2n) is 4.29. The second kappa shape index (κ2) is 6.17. The summed E-state index contributed by atoms with van der Waals surface area (Å²) in [6, 6.07) is 0.454. The summed E-state index contributed by atoms with van der Waals surface area (Å²) in [5.74, 6) is 0.444. The lowest BCUT2D eigenvalue weighted by Gasteiger charge is -2.14. The minimum absolute atomic E-state index is 0.444. The fourth-order valence-corrected chi connectivity index (χ4v) is 2.21. The van der Waals surface area contributed by atoms with E-state index in [0.29, 0.717) is 18.5 Å². The largest absolute Gasteiger partial charge is 0.462 e. The van der Waals surface area contributed by atoms with Crippen LogP contribution in [0.5, 0.6) is 6.01 Å². The number of likely N-dealkylation sites (tertiary alicyclic amines) is 1. The summed E-state index contributed by atoms with van der Waals surface area (Å²) in [4.78, 5) is 10.8. The molecule has 0 unspecified atom stereocenters. The van der Waals surface area contributed by atoms with Gasteiger partial charge in [-0.1, -0.05) is 0 Å². The zero-order chi connectivity index (χ0) is 12.1. The van der Waals surface area contributed by atoms with Gasteiger partial charge in [0.15, 0.2) is 0 Å². The molecule has 2 heterocycles. The number of hydrogen-bond donors (Lipinski definition) is 0. The van der Waals surface area contributed by atoms with Gasteiger partial charge in [-0.2, -0.15) is 0 Å². The van der Waals surface area contributed by atoms with Gasteiger partial charge in [0.05, 0.1) is 5.88 Å². The Kier molecular flexibility index (Phi) is 4.57. The molecule has 1 aromatic heterocycles. The first-order valence-corrected chi connectivity index (χ1v) is 6.56. The highest BCUT2D eigenvalue weighted by atomic mass is 35.5. The lowest BCUT2D eigenvalue weighted by Crippen LogP contribution is -2.25. The van der Waals surface area contributed by atoms with Gasteiger partial charge < -0.3 is 4.74 Å². The first kappa shape index (κ1) is 12.6. The highest BCUT2D eigenvalue weighted by Gasteiger charge is 2.11. The van der Waals surface area contributed by atoms with Crippen LogP contribution in [0.2, 0.25) is 0 Å². The van der Waals surface area contributed by atoms with Crippen LogP contribution in [0.4, 0.5) is 0 Å². The van der Waals surface area contributed by atoms with Gasteiger partial charge in [0.25, 0.3) is 0 Å². The zero-order valence-corrected chi connectivity index (χ0v) is 10.9. The Morgan fingerprint density at radius 2 is 2.18 bits per heavy atom. The van der Waals surface area contributed by atoms with Crippen molar-refractivity contribution < 1.29 is 4.74 Å². The lowest BCUT2D eigenvalue weighted by molar-refractivity contribution is 0.225. The Balaban J connectivity index is 1.80. The summed E-state index contributed by atoms with van der Waals surface area (Å²) < 4.78 is 5.54. The maximum atomic E-state index is 5.75. The molecule has 1 saturated heterocycles. The molecule has 17 heavy (non-hydrogen) atoms. The number of halogens is 1. The molecule has 94 valence electrons. The third-order valence-corrected chi connectivity index (χ3v) is 3.33. The van der Waals surface area contributed by atoms with Crippen molar-refractivity contribution in [1.29, 1.82) is 0 Å².